The first-order valence-electron chi connectivity index (χ1n) is 11.5. The Labute approximate surface area is 193 Å². The summed E-state index contributed by atoms with van der Waals surface area (Å²) in [5.41, 5.74) is 1.85. The molecule has 0 amide bonds. The average molecular weight is 450 g/mol. The van der Waals surface area contributed by atoms with Gasteiger partial charge in [-0.05, 0) is 58.1 Å². The minimum atomic E-state index is -0.561. The molecule has 0 unspecified atom stereocenters. The molecule has 1 aliphatic rings. The summed E-state index contributed by atoms with van der Waals surface area (Å²) in [6.07, 6.45) is 17.2. The molecule has 33 heavy (non-hydrogen) atoms. The third-order valence-electron chi connectivity index (χ3n) is 6.25. The lowest BCUT2D eigenvalue weighted by molar-refractivity contribution is -0.156. The van der Waals surface area contributed by atoms with Crippen molar-refractivity contribution in [1.29, 1.82) is 0 Å². The van der Waals surface area contributed by atoms with E-state index in [1.54, 1.807) is 10.6 Å². The van der Waals surface area contributed by atoms with Gasteiger partial charge in [-0.2, -0.15) is 5.10 Å². The van der Waals surface area contributed by atoms with E-state index in [0.717, 1.165) is 29.4 Å². The minimum absolute atomic E-state index is 0.0993. The number of hydrogen-bond acceptors (Lipinski definition) is 6. The third kappa shape index (κ3) is 5.05. The number of rotatable bonds is 8. The first kappa shape index (κ1) is 22.9. The van der Waals surface area contributed by atoms with Crippen molar-refractivity contribution in [3.63, 3.8) is 0 Å². The molecule has 3 aromatic heterocycles. The maximum Gasteiger partial charge on any atom is 0.312 e. The molecule has 8 heteroatoms. The highest BCUT2D eigenvalue weighted by Crippen LogP contribution is 2.37. The highest BCUT2D eigenvalue weighted by molar-refractivity contribution is 5.90. The number of allylic oxidation sites excluding steroid dienone is 2. The van der Waals surface area contributed by atoms with Crippen LogP contribution in [0.3, 0.4) is 0 Å². The number of fused-ring (bicyclic) bond motifs is 1. The predicted molar refractivity (Wildman–Crippen MR) is 125 cm³/mol. The fraction of sp³-hybridized carbons (Fsp3) is 0.480. The van der Waals surface area contributed by atoms with Crippen LogP contribution in [0, 0.1) is 11.3 Å². The maximum absolute atomic E-state index is 12.2. The molecule has 4 rings (SSSR count). The van der Waals surface area contributed by atoms with E-state index in [9.17, 15) is 9.59 Å². The van der Waals surface area contributed by atoms with Crippen LogP contribution in [0.4, 0.5) is 0 Å². The number of ether oxygens (including phenoxy) is 1. The molecule has 1 saturated carbocycles. The van der Waals surface area contributed by atoms with Gasteiger partial charge in [-0.15, -0.1) is 0 Å². The van der Waals surface area contributed by atoms with Crippen LogP contribution in [0.25, 0.3) is 22.3 Å². The van der Waals surface area contributed by atoms with Crippen molar-refractivity contribution in [3.8, 4) is 11.3 Å². The molecule has 0 radical (unpaired) electrons. The Balaban J connectivity index is 1.59. The van der Waals surface area contributed by atoms with Gasteiger partial charge < -0.3 is 4.74 Å². The SMILES string of the molecule is CC(C)(C)C(=O)OCn1ccc2c(-c3cnn([C@H](C/C=C/C=O)C4CCCC4)c3)ncnc21. The Morgan fingerprint density at radius 1 is 1.27 bits per heavy atom. The van der Waals surface area contributed by atoms with E-state index in [0.29, 0.717) is 11.6 Å². The van der Waals surface area contributed by atoms with Crippen molar-refractivity contribution in [2.24, 2.45) is 11.3 Å². The summed E-state index contributed by atoms with van der Waals surface area (Å²) >= 11 is 0. The second-order valence-corrected chi connectivity index (χ2v) is 9.68. The molecule has 0 aliphatic heterocycles. The molecule has 3 aromatic rings. The Kier molecular flexibility index (Phi) is 6.72. The molecule has 174 valence electrons. The first-order valence-corrected chi connectivity index (χ1v) is 11.5. The molecular formula is C25H31N5O3. The molecular weight excluding hydrogens is 418 g/mol. The minimum Gasteiger partial charge on any atom is -0.443 e. The Morgan fingerprint density at radius 3 is 2.79 bits per heavy atom. The van der Waals surface area contributed by atoms with Crippen molar-refractivity contribution in [1.82, 2.24) is 24.3 Å². The molecule has 1 aliphatic carbocycles. The van der Waals surface area contributed by atoms with Crippen LogP contribution < -0.4 is 0 Å². The van der Waals surface area contributed by atoms with E-state index in [1.807, 2.05) is 56.2 Å². The van der Waals surface area contributed by atoms with Gasteiger partial charge in [-0.25, -0.2) is 9.97 Å². The van der Waals surface area contributed by atoms with Crippen LogP contribution in [0.5, 0.6) is 0 Å². The van der Waals surface area contributed by atoms with E-state index < -0.39 is 5.41 Å². The zero-order chi connectivity index (χ0) is 23.4. The molecule has 0 aromatic carbocycles. The summed E-state index contributed by atoms with van der Waals surface area (Å²) in [4.78, 5) is 31.8. The summed E-state index contributed by atoms with van der Waals surface area (Å²) in [6, 6.07) is 2.16. The quantitative estimate of drug-likeness (QED) is 0.281. The van der Waals surface area contributed by atoms with Gasteiger partial charge in [0, 0.05) is 23.3 Å². The molecule has 1 fully saturated rings. The largest absolute Gasteiger partial charge is 0.443 e. The second kappa shape index (κ2) is 9.68. The number of carbonyl (C=O) groups excluding carboxylic acids is 2. The maximum atomic E-state index is 12.2. The van der Waals surface area contributed by atoms with Crippen LogP contribution in [0.2, 0.25) is 0 Å². The first-order chi connectivity index (χ1) is 15.9. The van der Waals surface area contributed by atoms with Crippen LogP contribution in [0.1, 0.15) is 58.9 Å². The lowest BCUT2D eigenvalue weighted by atomic mass is 9.95. The molecule has 3 heterocycles. The molecule has 0 bridgehead atoms. The zero-order valence-corrected chi connectivity index (χ0v) is 19.5. The van der Waals surface area contributed by atoms with E-state index >= 15 is 0 Å². The highest BCUT2D eigenvalue weighted by Gasteiger charge is 2.27. The van der Waals surface area contributed by atoms with Gasteiger partial charge in [0.2, 0.25) is 0 Å². The van der Waals surface area contributed by atoms with E-state index in [2.05, 4.69) is 15.1 Å². The van der Waals surface area contributed by atoms with Gasteiger partial charge in [0.1, 0.15) is 18.3 Å². The predicted octanol–water partition coefficient (Wildman–Crippen LogP) is 4.72. The van der Waals surface area contributed by atoms with Crippen molar-refractivity contribution < 1.29 is 14.3 Å². The number of aldehydes is 1. The second-order valence-electron chi connectivity index (χ2n) is 9.68. The standard InChI is InChI=1S/C25H31N5O3/c1-25(2,3)24(32)33-17-29-12-11-20-22(26-16-27-23(20)29)19-14-28-30(15-19)21(10-6-7-13-31)18-8-4-5-9-18/h6-7,11-16,18,21H,4-5,8-10,17H2,1-3H3/b7-6+/t21-/m1/s1. The van der Waals surface area contributed by atoms with Crippen molar-refractivity contribution >= 4 is 23.3 Å². The van der Waals surface area contributed by atoms with E-state index in [-0.39, 0.29) is 18.7 Å². The summed E-state index contributed by atoms with van der Waals surface area (Å²) < 4.78 is 9.29. The lowest BCUT2D eigenvalue weighted by Gasteiger charge is -2.22. The summed E-state index contributed by atoms with van der Waals surface area (Å²) in [5, 5.41) is 5.55. The van der Waals surface area contributed by atoms with Gasteiger partial charge in [0.15, 0.2) is 6.73 Å². The molecule has 0 spiro atoms. The Hall–Kier alpha value is -3.29. The molecule has 0 saturated heterocycles. The van der Waals surface area contributed by atoms with Gasteiger partial charge in [0.05, 0.1) is 23.3 Å². The monoisotopic (exact) mass is 449 g/mol. The van der Waals surface area contributed by atoms with E-state index in [4.69, 9.17) is 4.74 Å². The smallest absolute Gasteiger partial charge is 0.312 e. The Bertz CT molecular complexity index is 1150. The highest BCUT2D eigenvalue weighted by atomic mass is 16.5. The van der Waals surface area contributed by atoms with Gasteiger partial charge in [0.25, 0.3) is 0 Å². The summed E-state index contributed by atoms with van der Waals surface area (Å²) in [7, 11) is 0. The van der Waals surface area contributed by atoms with Crippen LogP contribution in [-0.4, -0.2) is 36.6 Å². The van der Waals surface area contributed by atoms with Crippen molar-refractivity contribution in [2.75, 3.05) is 0 Å². The van der Waals surface area contributed by atoms with Crippen molar-refractivity contribution in [2.45, 2.75) is 65.6 Å². The van der Waals surface area contributed by atoms with E-state index in [1.165, 1.54) is 32.0 Å². The van der Waals surface area contributed by atoms with Crippen LogP contribution >= 0.6 is 0 Å². The normalized spacial score (nSPS) is 16.0. The number of carbonyl (C=O) groups is 2. The number of hydrogen-bond donors (Lipinski definition) is 0. The third-order valence-corrected chi connectivity index (χ3v) is 6.25. The van der Waals surface area contributed by atoms with Gasteiger partial charge in [-0.3, -0.25) is 18.8 Å². The molecule has 8 nitrogen and oxygen atoms in total. The zero-order valence-electron chi connectivity index (χ0n) is 19.5. The van der Waals surface area contributed by atoms with Crippen LogP contribution in [-0.2, 0) is 21.1 Å². The summed E-state index contributed by atoms with van der Waals surface area (Å²) in [6.45, 7) is 5.58. The number of aromatic nitrogens is 5. The van der Waals surface area contributed by atoms with Gasteiger partial charge >= 0.3 is 5.97 Å². The lowest BCUT2D eigenvalue weighted by Crippen LogP contribution is -2.23. The molecule has 0 N–H and O–H groups in total. The fourth-order valence-corrected chi connectivity index (χ4v) is 4.46. The van der Waals surface area contributed by atoms with Gasteiger partial charge in [-0.1, -0.05) is 18.9 Å². The average Bonchev–Trinajstić information content (AvgIpc) is 3.55. The summed E-state index contributed by atoms with van der Waals surface area (Å²) in [5.74, 6) is 0.291. The van der Waals surface area contributed by atoms with Crippen molar-refractivity contribution in [3.05, 3.63) is 43.1 Å². The Morgan fingerprint density at radius 2 is 2.06 bits per heavy atom. The van der Waals surface area contributed by atoms with Crippen LogP contribution in [0.15, 0.2) is 43.1 Å². The molecule has 1 atom stereocenters. The fourth-order valence-electron chi connectivity index (χ4n) is 4.46. The topological polar surface area (TPSA) is 91.9 Å². The number of nitrogens with zero attached hydrogens (tertiary/aromatic N) is 5. The number of esters is 1.